The smallest absolute Gasteiger partial charge is 0.295 e. The van der Waals surface area contributed by atoms with Gasteiger partial charge in [-0.3, -0.25) is 9.59 Å². The molecule has 1 heterocycles. The number of aryl methyl sites for hydroxylation is 2. The summed E-state index contributed by atoms with van der Waals surface area (Å²) in [5.74, 6) is -1.13. The minimum absolute atomic E-state index is 0.0561. The van der Waals surface area contributed by atoms with Crippen molar-refractivity contribution >= 4 is 17.4 Å². The van der Waals surface area contributed by atoms with Gasteiger partial charge in [0.2, 0.25) is 0 Å². The molecule has 1 amide bonds. The molecule has 1 aliphatic rings. The molecule has 0 bridgehead atoms. The molecule has 1 saturated heterocycles. The van der Waals surface area contributed by atoms with Gasteiger partial charge in [-0.05, 0) is 36.6 Å². The molecule has 2 aromatic carbocycles. The van der Waals surface area contributed by atoms with E-state index in [1.54, 1.807) is 6.07 Å². The largest absolute Gasteiger partial charge is 0.507 e. The normalized spacial score (nSPS) is 18.3. The van der Waals surface area contributed by atoms with Crippen LogP contribution in [0.4, 0.5) is 0 Å². The number of Topliss-reactive ketones (excluding diaryl/α,β-unsaturated/α-hetero) is 1. The molecule has 6 nitrogen and oxygen atoms in total. The predicted molar refractivity (Wildman–Crippen MR) is 110 cm³/mol. The van der Waals surface area contributed by atoms with Crippen LogP contribution in [0.1, 0.15) is 28.3 Å². The Kier molecular flexibility index (Phi) is 6.03. The Hall–Kier alpha value is -3.12. The standard InChI is InChI=1S/C23H25NO5/c1-14-12-15(2)22(29-4)17(13-14)20(25)18-19(16-8-6-5-7-9-16)24(10-11-28-3)23(27)21(18)26/h5-9,12-13,19,25H,10-11H2,1-4H3/b20-18+. The van der Waals surface area contributed by atoms with Crippen molar-refractivity contribution in [2.24, 2.45) is 0 Å². The molecule has 1 aliphatic heterocycles. The maximum Gasteiger partial charge on any atom is 0.295 e. The number of ketones is 1. The van der Waals surface area contributed by atoms with E-state index in [0.717, 1.165) is 16.7 Å². The molecule has 0 spiro atoms. The van der Waals surface area contributed by atoms with E-state index in [1.165, 1.54) is 19.1 Å². The molecule has 1 unspecified atom stereocenters. The zero-order valence-electron chi connectivity index (χ0n) is 17.1. The topological polar surface area (TPSA) is 76.1 Å². The number of ether oxygens (including phenoxy) is 2. The second kappa shape index (κ2) is 8.49. The number of nitrogens with zero attached hydrogens (tertiary/aromatic N) is 1. The first kappa shape index (κ1) is 20.6. The van der Waals surface area contributed by atoms with E-state index in [2.05, 4.69) is 0 Å². The number of aliphatic hydroxyl groups excluding tert-OH is 1. The van der Waals surface area contributed by atoms with Crippen LogP contribution in [0.5, 0.6) is 5.75 Å². The van der Waals surface area contributed by atoms with Gasteiger partial charge in [0.15, 0.2) is 0 Å². The Morgan fingerprint density at radius 1 is 1.10 bits per heavy atom. The van der Waals surface area contributed by atoms with E-state index in [1.807, 2.05) is 50.2 Å². The van der Waals surface area contributed by atoms with Crippen molar-refractivity contribution in [2.75, 3.05) is 27.4 Å². The van der Waals surface area contributed by atoms with Gasteiger partial charge in [0.05, 0.1) is 30.9 Å². The van der Waals surface area contributed by atoms with Crippen LogP contribution in [-0.4, -0.2) is 49.1 Å². The van der Waals surface area contributed by atoms with Crippen molar-refractivity contribution in [1.29, 1.82) is 0 Å². The Balaban J connectivity index is 2.24. The van der Waals surface area contributed by atoms with Gasteiger partial charge in [0.25, 0.3) is 11.7 Å². The van der Waals surface area contributed by atoms with Crippen LogP contribution in [0.25, 0.3) is 5.76 Å². The van der Waals surface area contributed by atoms with E-state index in [9.17, 15) is 14.7 Å². The monoisotopic (exact) mass is 395 g/mol. The summed E-state index contributed by atoms with van der Waals surface area (Å²) < 4.78 is 10.6. The molecule has 6 heteroatoms. The number of likely N-dealkylation sites (tertiary alicyclic amines) is 1. The van der Waals surface area contributed by atoms with Crippen molar-refractivity contribution < 1.29 is 24.2 Å². The SMILES string of the molecule is COCCN1C(=O)C(=O)/C(=C(/O)c2cc(C)cc(C)c2OC)C1c1ccccc1. The summed E-state index contributed by atoms with van der Waals surface area (Å²) in [6, 6.07) is 12.2. The fourth-order valence-corrected chi connectivity index (χ4v) is 3.83. The van der Waals surface area contributed by atoms with Crippen molar-refractivity contribution in [3.05, 3.63) is 70.3 Å². The van der Waals surface area contributed by atoms with Crippen molar-refractivity contribution in [3.8, 4) is 5.75 Å². The molecule has 1 atom stereocenters. The molecule has 0 radical (unpaired) electrons. The number of hydrogen-bond acceptors (Lipinski definition) is 5. The highest BCUT2D eigenvalue weighted by Gasteiger charge is 2.46. The first-order chi connectivity index (χ1) is 13.9. The van der Waals surface area contributed by atoms with Crippen LogP contribution in [0, 0.1) is 13.8 Å². The first-order valence-corrected chi connectivity index (χ1v) is 9.38. The van der Waals surface area contributed by atoms with Crippen molar-refractivity contribution in [3.63, 3.8) is 0 Å². The number of carbonyl (C=O) groups excluding carboxylic acids is 2. The van der Waals surface area contributed by atoms with E-state index in [0.29, 0.717) is 11.3 Å². The van der Waals surface area contributed by atoms with E-state index >= 15 is 0 Å². The maximum absolute atomic E-state index is 13.0. The molecule has 3 rings (SSSR count). The highest BCUT2D eigenvalue weighted by atomic mass is 16.5. The van der Waals surface area contributed by atoms with Gasteiger partial charge in [0, 0.05) is 13.7 Å². The fourth-order valence-electron chi connectivity index (χ4n) is 3.83. The Morgan fingerprint density at radius 2 is 1.79 bits per heavy atom. The number of carbonyl (C=O) groups is 2. The summed E-state index contributed by atoms with van der Waals surface area (Å²) in [5.41, 5.74) is 2.94. The molecular weight excluding hydrogens is 370 g/mol. The third-order valence-corrected chi connectivity index (χ3v) is 5.07. The van der Waals surface area contributed by atoms with Gasteiger partial charge in [-0.1, -0.05) is 36.4 Å². The minimum atomic E-state index is -0.714. The summed E-state index contributed by atoms with van der Waals surface area (Å²) in [6.07, 6.45) is 0. The minimum Gasteiger partial charge on any atom is -0.507 e. The molecule has 2 aromatic rings. The summed E-state index contributed by atoms with van der Waals surface area (Å²) in [5, 5.41) is 11.2. The molecule has 152 valence electrons. The Labute approximate surface area is 170 Å². The number of methoxy groups -OCH3 is 2. The summed E-state index contributed by atoms with van der Waals surface area (Å²) in [6.45, 7) is 4.29. The van der Waals surface area contributed by atoms with Gasteiger partial charge < -0.3 is 19.5 Å². The average Bonchev–Trinajstić information content (AvgIpc) is 2.96. The summed E-state index contributed by atoms with van der Waals surface area (Å²) in [4.78, 5) is 27.2. The Bertz CT molecular complexity index is 965. The lowest BCUT2D eigenvalue weighted by Gasteiger charge is -2.25. The van der Waals surface area contributed by atoms with Crippen LogP contribution in [0.3, 0.4) is 0 Å². The van der Waals surface area contributed by atoms with Gasteiger partial charge in [0.1, 0.15) is 11.5 Å². The highest BCUT2D eigenvalue weighted by Crippen LogP contribution is 2.41. The van der Waals surface area contributed by atoms with Crippen LogP contribution in [0.2, 0.25) is 0 Å². The quantitative estimate of drug-likeness (QED) is 0.461. The summed E-state index contributed by atoms with van der Waals surface area (Å²) in [7, 11) is 3.05. The number of aliphatic hydroxyl groups is 1. The number of amides is 1. The lowest BCUT2D eigenvalue weighted by atomic mass is 9.93. The number of rotatable bonds is 6. The zero-order chi connectivity index (χ0) is 21.1. The lowest BCUT2D eigenvalue weighted by Crippen LogP contribution is -2.32. The maximum atomic E-state index is 13.0. The van der Waals surface area contributed by atoms with E-state index < -0.39 is 17.7 Å². The van der Waals surface area contributed by atoms with Crippen LogP contribution >= 0.6 is 0 Å². The highest BCUT2D eigenvalue weighted by molar-refractivity contribution is 6.46. The third-order valence-electron chi connectivity index (χ3n) is 5.07. The van der Waals surface area contributed by atoms with Crippen molar-refractivity contribution in [1.82, 2.24) is 4.90 Å². The second-order valence-electron chi connectivity index (χ2n) is 7.06. The van der Waals surface area contributed by atoms with E-state index in [4.69, 9.17) is 9.47 Å². The predicted octanol–water partition coefficient (Wildman–Crippen LogP) is 3.38. The molecule has 29 heavy (non-hydrogen) atoms. The van der Waals surface area contributed by atoms with Gasteiger partial charge in [-0.2, -0.15) is 0 Å². The number of hydrogen-bond donors (Lipinski definition) is 1. The van der Waals surface area contributed by atoms with Crippen LogP contribution < -0.4 is 4.74 Å². The molecule has 0 aliphatic carbocycles. The van der Waals surface area contributed by atoms with Gasteiger partial charge >= 0.3 is 0 Å². The molecule has 0 aromatic heterocycles. The molecular formula is C23H25NO5. The lowest BCUT2D eigenvalue weighted by molar-refractivity contribution is -0.140. The first-order valence-electron chi connectivity index (χ1n) is 9.38. The van der Waals surface area contributed by atoms with Gasteiger partial charge in [-0.25, -0.2) is 0 Å². The Morgan fingerprint density at radius 3 is 2.41 bits per heavy atom. The molecule has 0 saturated carbocycles. The molecule has 1 N–H and O–H groups in total. The molecule has 1 fully saturated rings. The second-order valence-corrected chi connectivity index (χ2v) is 7.06. The van der Waals surface area contributed by atoms with Gasteiger partial charge in [-0.15, -0.1) is 0 Å². The fraction of sp³-hybridized carbons (Fsp3) is 0.304. The third kappa shape index (κ3) is 3.76. The van der Waals surface area contributed by atoms with Crippen LogP contribution in [-0.2, 0) is 14.3 Å². The zero-order valence-corrected chi connectivity index (χ0v) is 17.1. The van der Waals surface area contributed by atoms with Crippen molar-refractivity contribution in [2.45, 2.75) is 19.9 Å². The summed E-state index contributed by atoms with van der Waals surface area (Å²) >= 11 is 0. The van der Waals surface area contributed by atoms with Crippen LogP contribution in [0.15, 0.2) is 48.0 Å². The average molecular weight is 395 g/mol. The van der Waals surface area contributed by atoms with E-state index in [-0.39, 0.29) is 24.5 Å². The number of benzene rings is 2.